The van der Waals surface area contributed by atoms with E-state index in [1.54, 1.807) is 0 Å². The van der Waals surface area contributed by atoms with Crippen LogP contribution in [0.15, 0.2) is 60.9 Å². The Bertz CT molecular complexity index is 1210. The summed E-state index contributed by atoms with van der Waals surface area (Å²) in [6.45, 7) is 1.95. The van der Waals surface area contributed by atoms with Crippen molar-refractivity contribution < 1.29 is 10.2 Å². The molecule has 5 rings (SSSR count). The zero-order valence-electron chi connectivity index (χ0n) is 18.3. The van der Waals surface area contributed by atoms with Gasteiger partial charge in [-0.15, -0.1) is 0 Å². The maximum atomic E-state index is 10.4. The van der Waals surface area contributed by atoms with E-state index in [2.05, 4.69) is 41.3 Å². The molecule has 0 aliphatic heterocycles. The number of hydrogen-bond donors (Lipinski definition) is 2. The van der Waals surface area contributed by atoms with Crippen LogP contribution in [0.2, 0.25) is 0 Å². The molecule has 1 aliphatic rings. The first-order valence-corrected chi connectivity index (χ1v) is 11.3. The molecule has 0 saturated heterocycles. The lowest BCUT2D eigenvalue weighted by Crippen LogP contribution is -2.37. The van der Waals surface area contributed by atoms with E-state index in [0.717, 1.165) is 58.7 Å². The average Bonchev–Trinajstić information content (AvgIpc) is 3.29. The fourth-order valence-electron chi connectivity index (χ4n) is 4.65. The molecule has 6 heteroatoms. The van der Waals surface area contributed by atoms with Crippen LogP contribution in [-0.2, 0) is 6.42 Å². The SMILES string of the molecule is CCc1cc(C2CCC(O)(CO)CC2)nc2c(-c3ccc(-c4ccccc4)nc3)cnn12. The molecule has 6 nitrogen and oxygen atoms in total. The van der Waals surface area contributed by atoms with Crippen LogP contribution in [0.5, 0.6) is 0 Å². The second kappa shape index (κ2) is 8.45. The Kier molecular flexibility index (Phi) is 5.49. The molecule has 3 aromatic heterocycles. The van der Waals surface area contributed by atoms with Crippen molar-refractivity contribution in [1.82, 2.24) is 19.6 Å². The molecular formula is C26H28N4O2. The summed E-state index contributed by atoms with van der Waals surface area (Å²) >= 11 is 0. The highest BCUT2D eigenvalue weighted by atomic mass is 16.3. The highest BCUT2D eigenvalue weighted by molar-refractivity contribution is 5.77. The van der Waals surface area contributed by atoms with Crippen LogP contribution in [0.3, 0.4) is 0 Å². The molecule has 164 valence electrons. The zero-order valence-corrected chi connectivity index (χ0v) is 18.3. The zero-order chi connectivity index (χ0) is 22.1. The molecule has 1 fully saturated rings. The molecule has 0 bridgehead atoms. The number of hydrogen-bond acceptors (Lipinski definition) is 5. The van der Waals surface area contributed by atoms with Crippen molar-refractivity contribution in [2.24, 2.45) is 0 Å². The molecule has 1 saturated carbocycles. The summed E-state index contributed by atoms with van der Waals surface area (Å²) in [6.07, 6.45) is 7.45. The average molecular weight is 429 g/mol. The van der Waals surface area contributed by atoms with Gasteiger partial charge in [0, 0.05) is 40.2 Å². The molecule has 0 spiro atoms. The minimum atomic E-state index is -0.942. The summed E-state index contributed by atoms with van der Waals surface area (Å²) in [7, 11) is 0. The number of aryl methyl sites for hydroxylation is 1. The van der Waals surface area contributed by atoms with Crippen LogP contribution >= 0.6 is 0 Å². The molecule has 1 aromatic carbocycles. The Labute approximate surface area is 187 Å². The largest absolute Gasteiger partial charge is 0.393 e. The lowest BCUT2D eigenvalue weighted by Gasteiger charge is -2.34. The number of nitrogens with zero attached hydrogens (tertiary/aromatic N) is 4. The van der Waals surface area contributed by atoms with Gasteiger partial charge in [-0.25, -0.2) is 9.50 Å². The van der Waals surface area contributed by atoms with Gasteiger partial charge >= 0.3 is 0 Å². The minimum Gasteiger partial charge on any atom is -0.393 e. The predicted molar refractivity (Wildman–Crippen MR) is 124 cm³/mol. The second-order valence-corrected chi connectivity index (χ2v) is 8.77. The van der Waals surface area contributed by atoms with E-state index in [-0.39, 0.29) is 12.5 Å². The number of benzene rings is 1. The molecule has 0 unspecified atom stereocenters. The smallest absolute Gasteiger partial charge is 0.163 e. The first-order valence-electron chi connectivity index (χ1n) is 11.3. The first-order chi connectivity index (χ1) is 15.6. The monoisotopic (exact) mass is 428 g/mol. The van der Waals surface area contributed by atoms with Gasteiger partial charge in [-0.3, -0.25) is 4.98 Å². The lowest BCUT2D eigenvalue weighted by molar-refractivity contribution is -0.0458. The van der Waals surface area contributed by atoms with E-state index in [0.29, 0.717) is 12.8 Å². The van der Waals surface area contributed by atoms with Gasteiger partial charge in [0.1, 0.15) is 0 Å². The van der Waals surface area contributed by atoms with Gasteiger partial charge in [-0.1, -0.05) is 43.3 Å². The highest BCUT2D eigenvalue weighted by Crippen LogP contribution is 2.38. The van der Waals surface area contributed by atoms with Crippen LogP contribution in [-0.4, -0.2) is 42.0 Å². The van der Waals surface area contributed by atoms with Crippen molar-refractivity contribution in [1.29, 1.82) is 0 Å². The number of pyridine rings is 1. The third-order valence-corrected chi connectivity index (χ3v) is 6.70. The number of fused-ring (bicyclic) bond motifs is 1. The molecule has 4 aromatic rings. The molecule has 0 atom stereocenters. The number of aliphatic hydroxyl groups is 2. The van der Waals surface area contributed by atoms with Crippen molar-refractivity contribution in [3.8, 4) is 22.4 Å². The highest BCUT2D eigenvalue weighted by Gasteiger charge is 2.34. The summed E-state index contributed by atoms with van der Waals surface area (Å²) < 4.78 is 1.93. The summed E-state index contributed by atoms with van der Waals surface area (Å²) in [5.41, 5.74) is 6.05. The van der Waals surface area contributed by atoms with Crippen LogP contribution in [0.25, 0.3) is 28.0 Å². The van der Waals surface area contributed by atoms with Crippen molar-refractivity contribution in [3.63, 3.8) is 0 Å². The van der Waals surface area contributed by atoms with E-state index in [1.165, 1.54) is 0 Å². The van der Waals surface area contributed by atoms with E-state index >= 15 is 0 Å². The van der Waals surface area contributed by atoms with Crippen LogP contribution in [0, 0.1) is 0 Å². The normalized spacial score (nSPS) is 21.2. The van der Waals surface area contributed by atoms with E-state index < -0.39 is 5.60 Å². The van der Waals surface area contributed by atoms with Crippen molar-refractivity contribution in [3.05, 3.63) is 72.3 Å². The summed E-state index contributed by atoms with van der Waals surface area (Å²) in [5, 5.41) is 24.5. The molecular weight excluding hydrogens is 400 g/mol. The molecule has 3 heterocycles. The van der Waals surface area contributed by atoms with E-state index in [4.69, 9.17) is 4.98 Å². The maximum Gasteiger partial charge on any atom is 0.163 e. The van der Waals surface area contributed by atoms with Gasteiger partial charge < -0.3 is 10.2 Å². The molecule has 2 N–H and O–H groups in total. The van der Waals surface area contributed by atoms with Gasteiger partial charge in [0.05, 0.1) is 24.1 Å². The van der Waals surface area contributed by atoms with Gasteiger partial charge in [0.25, 0.3) is 0 Å². The summed E-state index contributed by atoms with van der Waals surface area (Å²) in [4.78, 5) is 9.70. The third-order valence-electron chi connectivity index (χ3n) is 6.70. The Morgan fingerprint density at radius 1 is 1.03 bits per heavy atom. The van der Waals surface area contributed by atoms with Gasteiger partial charge in [-0.2, -0.15) is 5.10 Å². The number of rotatable bonds is 5. The Balaban J connectivity index is 1.50. The van der Waals surface area contributed by atoms with E-state index in [1.807, 2.05) is 41.2 Å². The maximum absolute atomic E-state index is 10.4. The third kappa shape index (κ3) is 3.80. The fraction of sp³-hybridized carbons (Fsp3) is 0.346. The molecule has 32 heavy (non-hydrogen) atoms. The van der Waals surface area contributed by atoms with Crippen LogP contribution < -0.4 is 0 Å². The van der Waals surface area contributed by atoms with Crippen LogP contribution in [0.1, 0.15) is 49.9 Å². The van der Waals surface area contributed by atoms with Crippen molar-refractivity contribution in [2.45, 2.75) is 50.5 Å². The minimum absolute atomic E-state index is 0.175. The Morgan fingerprint density at radius 2 is 1.81 bits per heavy atom. The first kappa shape index (κ1) is 20.8. The van der Waals surface area contributed by atoms with Crippen LogP contribution in [0.4, 0.5) is 0 Å². The van der Waals surface area contributed by atoms with E-state index in [9.17, 15) is 10.2 Å². The number of aromatic nitrogens is 4. The quantitative estimate of drug-likeness (QED) is 0.492. The Hall–Kier alpha value is -3.09. The topological polar surface area (TPSA) is 83.5 Å². The Morgan fingerprint density at radius 3 is 2.47 bits per heavy atom. The van der Waals surface area contributed by atoms with Gasteiger partial charge in [0.15, 0.2) is 5.65 Å². The summed E-state index contributed by atoms with van der Waals surface area (Å²) in [6, 6.07) is 16.4. The van der Waals surface area contributed by atoms with Crippen molar-refractivity contribution >= 4 is 5.65 Å². The van der Waals surface area contributed by atoms with Gasteiger partial charge in [0.2, 0.25) is 0 Å². The standard InChI is InChI=1S/C26H28N4O2/c1-2-21-14-24(19-10-12-26(32,17-31)13-11-19)29-25-22(16-28-30(21)25)20-8-9-23(27-15-20)18-6-4-3-5-7-18/h3-9,14-16,19,31-32H,2,10-13,17H2,1H3. The second-order valence-electron chi connectivity index (χ2n) is 8.77. The lowest BCUT2D eigenvalue weighted by atomic mass is 9.78. The van der Waals surface area contributed by atoms with Crippen molar-refractivity contribution in [2.75, 3.05) is 6.61 Å². The molecule has 1 aliphatic carbocycles. The number of aliphatic hydroxyl groups excluding tert-OH is 1. The molecule has 0 amide bonds. The molecule has 0 radical (unpaired) electrons. The van der Waals surface area contributed by atoms with Gasteiger partial charge in [-0.05, 0) is 44.2 Å². The predicted octanol–water partition coefficient (Wildman–Crippen LogP) is 4.40. The fourth-order valence-corrected chi connectivity index (χ4v) is 4.65. The summed E-state index contributed by atoms with van der Waals surface area (Å²) in [5.74, 6) is 0.276.